The van der Waals surface area contributed by atoms with Crippen LogP contribution in [0.2, 0.25) is 0 Å². The zero-order chi connectivity index (χ0) is 16.1. The van der Waals surface area contributed by atoms with Crippen LogP contribution in [0.5, 0.6) is 11.5 Å². The lowest BCUT2D eigenvalue weighted by molar-refractivity contribution is 0.101. The van der Waals surface area contributed by atoms with E-state index in [-0.39, 0.29) is 11.3 Å². The molecular formula is C15H17N3O4. The molecule has 2 rings (SSSR count). The van der Waals surface area contributed by atoms with Crippen molar-refractivity contribution in [3.05, 3.63) is 46.4 Å². The number of aromatic nitrogens is 2. The molecule has 0 saturated carbocycles. The summed E-state index contributed by atoms with van der Waals surface area (Å²) in [6.45, 7) is 2.17. The van der Waals surface area contributed by atoms with E-state index in [0.29, 0.717) is 23.7 Å². The minimum atomic E-state index is -0.436. The van der Waals surface area contributed by atoms with Gasteiger partial charge in [0.15, 0.2) is 0 Å². The van der Waals surface area contributed by atoms with Crippen molar-refractivity contribution in [2.24, 2.45) is 0 Å². The first kappa shape index (κ1) is 15.6. The van der Waals surface area contributed by atoms with Crippen molar-refractivity contribution in [2.45, 2.75) is 13.5 Å². The van der Waals surface area contributed by atoms with Crippen LogP contribution < -0.4 is 20.3 Å². The molecule has 0 fully saturated rings. The minimum absolute atomic E-state index is 0.145. The lowest BCUT2D eigenvalue weighted by Crippen LogP contribution is -2.25. The van der Waals surface area contributed by atoms with Gasteiger partial charge in [-0.05, 0) is 25.1 Å². The maximum Gasteiger partial charge on any atom is 0.276 e. The zero-order valence-corrected chi connectivity index (χ0v) is 12.6. The van der Waals surface area contributed by atoms with Gasteiger partial charge in [-0.15, -0.1) is 0 Å². The normalized spacial score (nSPS) is 10.1. The van der Waals surface area contributed by atoms with Gasteiger partial charge in [0.25, 0.3) is 11.5 Å². The Morgan fingerprint density at radius 2 is 2.00 bits per heavy atom. The van der Waals surface area contributed by atoms with Crippen molar-refractivity contribution >= 4 is 11.6 Å². The second-order valence-electron chi connectivity index (χ2n) is 4.39. The first-order valence-corrected chi connectivity index (χ1v) is 6.70. The predicted molar refractivity (Wildman–Crippen MR) is 81.7 cm³/mol. The average Bonchev–Trinajstić information content (AvgIpc) is 2.55. The SMILES string of the molecule is CCn1nc(C(=O)Nc2cc(OC)ccc2OC)ccc1=O. The van der Waals surface area contributed by atoms with Crippen molar-refractivity contribution < 1.29 is 14.3 Å². The van der Waals surface area contributed by atoms with E-state index >= 15 is 0 Å². The Kier molecular flexibility index (Phi) is 4.77. The van der Waals surface area contributed by atoms with Gasteiger partial charge in [0.2, 0.25) is 0 Å². The van der Waals surface area contributed by atoms with Gasteiger partial charge in [-0.1, -0.05) is 0 Å². The molecule has 0 spiro atoms. The molecule has 1 aromatic carbocycles. The summed E-state index contributed by atoms with van der Waals surface area (Å²) in [7, 11) is 3.04. The van der Waals surface area contributed by atoms with Crippen molar-refractivity contribution in [3.8, 4) is 11.5 Å². The lowest BCUT2D eigenvalue weighted by atomic mass is 10.2. The number of rotatable bonds is 5. The van der Waals surface area contributed by atoms with Crippen LogP contribution in [0, 0.1) is 0 Å². The summed E-state index contributed by atoms with van der Waals surface area (Å²) in [5.74, 6) is 0.648. The quantitative estimate of drug-likeness (QED) is 0.906. The fourth-order valence-corrected chi connectivity index (χ4v) is 1.89. The molecule has 7 heteroatoms. The Balaban J connectivity index is 2.30. The van der Waals surface area contributed by atoms with Gasteiger partial charge < -0.3 is 14.8 Å². The van der Waals surface area contributed by atoms with E-state index in [9.17, 15) is 9.59 Å². The number of anilines is 1. The van der Waals surface area contributed by atoms with E-state index in [1.54, 1.807) is 25.1 Å². The second-order valence-corrected chi connectivity index (χ2v) is 4.39. The van der Waals surface area contributed by atoms with E-state index in [0.717, 1.165) is 0 Å². The fourth-order valence-electron chi connectivity index (χ4n) is 1.89. The number of carbonyl (C=O) groups excluding carboxylic acids is 1. The van der Waals surface area contributed by atoms with Crippen LogP contribution in [0.1, 0.15) is 17.4 Å². The van der Waals surface area contributed by atoms with Gasteiger partial charge in [0.1, 0.15) is 17.2 Å². The van der Waals surface area contributed by atoms with Crippen molar-refractivity contribution in [1.29, 1.82) is 0 Å². The molecule has 116 valence electrons. The number of benzene rings is 1. The van der Waals surface area contributed by atoms with Crippen LogP contribution in [-0.4, -0.2) is 29.9 Å². The molecule has 1 amide bonds. The molecule has 0 aliphatic carbocycles. The van der Waals surface area contributed by atoms with Gasteiger partial charge in [-0.3, -0.25) is 9.59 Å². The number of aryl methyl sites for hydroxylation is 1. The Morgan fingerprint density at radius 3 is 2.64 bits per heavy atom. The maximum absolute atomic E-state index is 12.3. The van der Waals surface area contributed by atoms with Crippen LogP contribution in [0.15, 0.2) is 35.1 Å². The second kappa shape index (κ2) is 6.75. The van der Waals surface area contributed by atoms with Crippen LogP contribution in [0.3, 0.4) is 0 Å². The highest BCUT2D eigenvalue weighted by Gasteiger charge is 2.13. The molecule has 0 radical (unpaired) electrons. The standard InChI is InChI=1S/C15H17N3O4/c1-4-18-14(19)8-6-11(17-18)15(20)16-12-9-10(21-2)5-7-13(12)22-3/h5-9H,4H2,1-3H3,(H,16,20). The van der Waals surface area contributed by atoms with E-state index in [4.69, 9.17) is 9.47 Å². The summed E-state index contributed by atoms with van der Waals surface area (Å²) >= 11 is 0. The smallest absolute Gasteiger partial charge is 0.276 e. The summed E-state index contributed by atoms with van der Waals surface area (Å²) in [5, 5.41) is 6.71. The Labute approximate surface area is 127 Å². The highest BCUT2D eigenvalue weighted by Crippen LogP contribution is 2.29. The maximum atomic E-state index is 12.3. The highest BCUT2D eigenvalue weighted by molar-refractivity contribution is 6.03. The lowest BCUT2D eigenvalue weighted by Gasteiger charge is -2.11. The zero-order valence-electron chi connectivity index (χ0n) is 12.6. The third-order valence-corrected chi connectivity index (χ3v) is 3.05. The number of hydrogen-bond donors (Lipinski definition) is 1. The summed E-state index contributed by atoms with van der Waals surface area (Å²) in [5.41, 5.74) is 0.354. The molecule has 1 heterocycles. The summed E-state index contributed by atoms with van der Waals surface area (Å²) in [6.07, 6.45) is 0. The summed E-state index contributed by atoms with van der Waals surface area (Å²) in [4.78, 5) is 23.8. The number of methoxy groups -OCH3 is 2. The van der Waals surface area contributed by atoms with Gasteiger partial charge in [-0.25, -0.2) is 4.68 Å². The van der Waals surface area contributed by atoms with Crippen LogP contribution in [0.25, 0.3) is 0 Å². The fraction of sp³-hybridized carbons (Fsp3) is 0.267. The highest BCUT2D eigenvalue weighted by atomic mass is 16.5. The van der Waals surface area contributed by atoms with Gasteiger partial charge in [-0.2, -0.15) is 5.10 Å². The first-order chi connectivity index (χ1) is 10.6. The predicted octanol–water partition coefficient (Wildman–Crippen LogP) is 1.53. The van der Waals surface area contributed by atoms with Crippen LogP contribution in [0.4, 0.5) is 5.69 Å². The van der Waals surface area contributed by atoms with Crippen LogP contribution >= 0.6 is 0 Å². The number of hydrogen-bond acceptors (Lipinski definition) is 5. The Hall–Kier alpha value is -2.83. The van der Waals surface area contributed by atoms with Crippen molar-refractivity contribution in [3.63, 3.8) is 0 Å². The number of carbonyl (C=O) groups is 1. The molecule has 0 aliphatic heterocycles. The molecule has 22 heavy (non-hydrogen) atoms. The van der Waals surface area contributed by atoms with Crippen LogP contribution in [-0.2, 0) is 6.54 Å². The van der Waals surface area contributed by atoms with Crippen molar-refractivity contribution in [1.82, 2.24) is 9.78 Å². The molecule has 0 bridgehead atoms. The number of nitrogens with one attached hydrogen (secondary N) is 1. The van der Waals surface area contributed by atoms with E-state index < -0.39 is 5.91 Å². The number of amides is 1. The molecule has 0 saturated heterocycles. The third kappa shape index (κ3) is 3.25. The molecule has 0 unspecified atom stereocenters. The summed E-state index contributed by atoms with van der Waals surface area (Å²) < 4.78 is 11.5. The molecule has 1 N–H and O–H groups in total. The summed E-state index contributed by atoms with van der Waals surface area (Å²) in [6, 6.07) is 7.76. The molecule has 0 aliphatic rings. The monoisotopic (exact) mass is 303 g/mol. The van der Waals surface area contributed by atoms with Gasteiger partial charge >= 0.3 is 0 Å². The largest absolute Gasteiger partial charge is 0.497 e. The molecule has 1 aromatic heterocycles. The number of nitrogens with zero attached hydrogens (tertiary/aromatic N) is 2. The number of ether oxygens (including phenoxy) is 2. The average molecular weight is 303 g/mol. The minimum Gasteiger partial charge on any atom is -0.497 e. The van der Waals surface area contributed by atoms with Gasteiger partial charge in [0.05, 0.1) is 19.9 Å². The van der Waals surface area contributed by atoms with Gasteiger partial charge in [0, 0.05) is 18.7 Å². The third-order valence-electron chi connectivity index (χ3n) is 3.05. The van der Waals surface area contributed by atoms with E-state index in [1.807, 2.05) is 0 Å². The first-order valence-electron chi connectivity index (χ1n) is 6.70. The Bertz CT molecular complexity index is 740. The molecular weight excluding hydrogens is 286 g/mol. The molecule has 0 atom stereocenters. The van der Waals surface area contributed by atoms with E-state index in [2.05, 4.69) is 10.4 Å². The van der Waals surface area contributed by atoms with Crippen molar-refractivity contribution in [2.75, 3.05) is 19.5 Å². The van der Waals surface area contributed by atoms with E-state index in [1.165, 1.54) is 31.0 Å². The molecule has 7 nitrogen and oxygen atoms in total. The Morgan fingerprint density at radius 1 is 1.23 bits per heavy atom. The topological polar surface area (TPSA) is 82.5 Å². The molecule has 2 aromatic rings.